The van der Waals surface area contributed by atoms with E-state index in [-0.39, 0.29) is 28.8 Å². The Morgan fingerprint density at radius 2 is 1.93 bits per heavy atom. The van der Waals surface area contributed by atoms with Gasteiger partial charge in [-0.05, 0) is 42.0 Å². The van der Waals surface area contributed by atoms with Crippen LogP contribution in [0.5, 0.6) is 0 Å². The summed E-state index contributed by atoms with van der Waals surface area (Å²) < 4.78 is 40.0. The molecule has 0 aliphatic carbocycles. The van der Waals surface area contributed by atoms with Crippen LogP contribution in [0, 0.1) is 5.82 Å². The fraction of sp³-hybridized carbons (Fsp3) is 0.167. The number of rotatable bonds is 7. The highest BCUT2D eigenvalue weighted by molar-refractivity contribution is 9.10. The van der Waals surface area contributed by atoms with Crippen molar-refractivity contribution in [2.75, 3.05) is 11.1 Å². The number of halogens is 2. The van der Waals surface area contributed by atoms with Crippen molar-refractivity contribution in [2.45, 2.75) is 17.9 Å². The van der Waals surface area contributed by atoms with Gasteiger partial charge in [0.15, 0.2) is 9.84 Å². The molecule has 1 heterocycles. The number of anilines is 1. The molecule has 0 atom stereocenters. The summed E-state index contributed by atoms with van der Waals surface area (Å²) >= 11 is 3.24. The molecule has 0 spiro atoms. The Hall–Kier alpha value is -2.59. The van der Waals surface area contributed by atoms with Crippen molar-refractivity contribution < 1.29 is 17.6 Å². The first-order valence-electron chi connectivity index (χ1n) is 8.24. The third kappa shape index (κ3) is 5.46. The first kappa shape index (κ1) is 20.2. The molecular weight excluding hydrogens is 451 g/mol. The van der Waals surface area contributed by atoms with Crippen molar-refractivity contribution in [2.24, 2.45) is 0 Å². The van der Waals surface area contributed by atoms with Crippen molar-refractivity contribution in [3.8, 4) is 0 Å². The summed E-state index contributed by atoms with van der Waals surface area (Å²) in [5.41, 5.74) is 0.698. The van der Waals surface area contributed by atoms with E-state index in [1.165, 1.54) is 35.3 Å². The maximum absolute atomic E-state index is 13.2. The van der Waals surface area contributed by atoms with Gasteiger partial charge in [0, 0.05) is 10.9 Å². The smallest absolute Gasteiger partial charge is 0.248 e. The van der Waals surface area contributed by atoms with E-state index >= 15 is 0 Å². The van der Waals surface area contributed by atoms with Gasteiger partial charge in [0.1, 0.15) is 12.1 Å². The number of carbonyl (C=O) groups excluding carboxylic acids is 1. The minimum atomic E-state index is -3.57. The van der Waals surface area contributed by atoms with Crippen molar-refractivity contribution in [3.63, 3.8) is 0 Å². The van der Waals surface area contributed by atoms with Gasteiger partial charge in [0.05, 0.1) is 17.2 Å². The quantitative estimate of drug-likeness (QED) is 0.577. The van der Waals surface area contributed by atoms with E-state index in [1.54, 1.807) is 24.3 Å². The minimum Gasteiger partial charge on any atom is -0.293 e. The predicted octanol–water partition coefficient (Wildman–Crippen LogP) is 3.03. The van der Waals surface area contributed by atoms with E-state index in [2.05, 4.69) is 31.3 Å². The van der Waals surface area contributed by atoms with Crippen LogP contribution in [0.25, 0.3) is 0 Å². The zero-order valence-corrected chi connectivity index (χ0v) is 17.0. The Bertz CT molecular complexity index is 1080. The summed E-state index contributed by atoms with van der Waals surface area (Å²) in [6.45, 7) is 0.290. The van der Waals surface area contributed by atoms with Gasteiger partial charge in [-0.25, -0.2) is 22.5 Å². The molecule has 146 valence electrons. The van der Waals surface area contributed by atoms with Crippen LogP contribution < -0.4 is 5.32 Å². The number of carbonyl (C=O) groups is 1. The van der Waals surface area contributed by atoms with Gasteiger partial charge in [-0.15, -0.1) is 5.10 Å². The Morgan fingerprint density at radius 3 is 2.64 bits per heavy atom. The third-order valence-corrected chi connectivity index (χ3v) is 6.05. The molecule has 1 N–H and O–H groups in total. The van der Waals surface area contributed by atoms with Gasteiger partial charge in [-0.3, -0.25) is 10.1 Å². The van der Waals surface area contributed by atoms with Gasteiger partial charge in [0.25, 0.3) is 0 Å². The molecular formula is C18H16BrFN4O3S. The number of hydrogen-bond donors (Lipinski definition) is 1. The van der Waals surface area contributed by atoms with E-state index < -0.39 is 15.7 Å². The van der Waals surface area contributed by atoms with Crippen molar-refractivity contribution >= 4 is 37.6 Å². The number of benzene rings is 2. The highest BCUT2D eigenvalue weighted by Crippen LogP contribution is 2.16. The van der Waals surface area contributed by atoms with Crippen molar-refractivity contribution in [3.05, 3.63) is 70.7 Å². The molecule has 0 aliphatic rings. The number of nitrogens with one attached hydrogen (secondary N) is 1. The molecule has 1 aromatic heterocycles. The highest BCUT2D eigenvalue weighted by Gasteiger charge is 2.17. The van der Waals surface area contributed by atoms with E-state index in [0.29, 0.717) is 12.1 Å². The lowest BCUT2D eigenvalue weighted by Crippen LogP contribution is -2.18. The van der Waals surface area contributed by atoms with Gasteiger partial charge in [0.2, 0.25) is 11.9 Å². The Morgan fingerprint density at radius 1 is 1.18 bits per heavy atom. The monoisotopic (exact) mass is 466 g/mol. The molecule has 1 amide bonds. The molecule has 28 heavy (non-hydrogen) atoms. The lowest BCUT2D eigenvalue weighted by molar-refractivity contribution is -0.115. The van der Waals surface area contributed by atoms with Crippen molar-refractivity contribution in [1.82, 2.24) is 14.8 Å². The zero-order valence-electron chi connectivity index (χ0n) is 14.5. The summed E-state index contributed by atoms with van der Waals surface area (Å²) in [5, 5.41) is 6.55. The maximum Gasteiger partial charge on any atom is 0.248 e. The molecule has 0 unspecified atom stereocenters. The molecule has 0 saturated carbocycles. The van der Waals surface area contributed by atoms with Crippen LogP contribution in [-0.2, 0) is 21.2 Å². The minimum absolute atomic E-state index is 0.0578. The number of hydrogen-bond acceptors (Lipinski definition) is 5. The molecule has 0 aliphatic heterocycles. The second kappa shape index (κ2) is 8.61. The van der Waals surface area contributed by atoms with E-state index in [9.17, 15) is 17.6 Å². The molecule has 7 nitrogen and oxygen atoms in total. The summed E-state index contributed by atoms with van der Waals surface area (Å²) in [7, 11) is -3.57. The lowest BCUT2D eigenvalue weighted by Gasteiger charge is -2.05. The number of sulfone groups is 1. The molecule has 0 fully saturated rings. The SMILES string of the molecule is O=C(CCS(=O)(=O)c1ccc(Br)cc1)Nc1ncn(Cc2cccc(F)c2)n1. The zero-order chi connectivity index (χ0) is 20.1. The van der Waals surface area contributed by atoms with Crippen LogP contribution >= 0.6 is 15.9 Å². The van der Waals surface area contributed by atoms with Gasteiger partial charge < -0.3 is 0 Å². The number of amides is 1. The number of nitrogens with zero attached hydrogens (tertiary/aromatic N) is 3. The summed E-state index contributed by atoms with van der Waals surface area (Å²) in [6, 6.07) is 12.3. The second-order valence-electron chi connectivity index (χ2n) is 5.97. The standard InChI is InChI=1S/C18H16BrFN4O3S/c19-14-4-6-16(7-5-14)28(26,27)9-8-17(25)22-18-21-12-24(23-18)11-13-2-1-3-15(20)10-13/h1-7,10,12H,8-9,11H2,(H,22,23,25). The Kier molecular flexibility index (Phi) is 6.20. The average Bonchev–Trinajstić information content (AvgIpc) is 3.07. The van der Waals surface area contributed by atoms with Crippen molar-refractivity contribution in [1.29, 1.82) is 0 Å². The molecule has 0 radical (unpaired) electrons. The van der Waals surface area contributed by atoms with Gasteiger partial charge >= 0.3 is 0 Å². The largest absolute Gasteiger partial charge is 0.293 e. The molecule has 3 rings (SSSR count). The predicted molar refractivity (Wildman–Crippen MR) is 105 cm³/mol. The van der Waals surface area contributed by atoms with E-state index in [1.807, 2.05) is 0 Å². The Labute approximate surface area is 169 Å². The van der Waals surface area contributed by atoms with Crippen LogP contribution in [0.3, 0.4) is 0 Å². The summed E-state index contributed by atoms with van der Waals surface area (Å²) in [6.07, 6.45) is 1.18. The Balaban J connectivity index is 1.55. The normalized spacial score (nSPS) is 11.4. The van der Waals surface area contributed by atoms with Gasteiger partial charge in [-0.2, -0.15) is 0 Å². The van der Waals surface area contributed by atoms with Crippen LogP contribution in [0.2, 0.25) is 0 Å². The summed E-state index contributed by atoms with van der Waals surface area (Å²) in [4.78, 5) is 16.1. The third-order valence-electron chi connectivity index (χ3n) is 3.79. The first-order valence-corrected chi connectivity index (χ1v) is 10.7. The van der Waals surface area contributed by atoms with Gasteiger partial charge in [-0.1, -0.05) is 28.1 Å². The first-order chi connectivity index (χ1) is 13.3. The molecule has 0 saturated heterocycles. The summed E-state index contributed by atoms with van der Waals surface area (Å²) in [5.74, 6) is -1.13. The fourth-order valence-corrected chi connectivity index (χ4v) is 3.93. The average molecular weight is 467 g/mol. The second-order valence-corrected chi connectivity index (χ2v) is 8.99. The van der Waals surface area contributed by atoms with Crippen LogP contribution in [0.1, 0.15) is 12.0 Å². The van der Waals surface area contributed by atoms with E-state index in [4.69, 9.17) is 0 Å². The maximum atomic E-state index is 13.2. The highest BCUT2D eigenvalue weighted by atomic mass is 79.9. The molecule has 2 aromatic carbocycles. The lowest BCUT2D eigenvalue weighted by atomic mass is 10.2. The molecule has 0 bridgehead atoms. The topological polar surface area (TPSA) is 94.0 Å². The van der Waals surface area contributed by atoms with E-state index in [0.717, 1.165) is 4.47 Å². The molecule has 3 aromatic rings. The fourth-order valence-electron chi connectivity index (χ4n) is 2.42. The molecule has 10 heteroatoms. The van der Waals surface area contributed by atoms with Crippen LogP contribution in [0.15, 0.2) is 64.2 Å². The number of aromatic nitrogens is 3. The van der Waals surface area contributed by atoms with Crippen LogP contribution in [0.4, 0.5) is 10.3 Å². The van der Waals surface area contributed by atoms with Crippen LogP contribution in [-0.4, -0.2) is 34.8 Å².